The summed E-state index contributed by atoms with van der Waals surface area (Å²) < 4.78 is 64.3. The molecule has 0 aromatic heterocycles. The maximum absolute atomic E-state index is 12.6. The molecule has 5 nitrogen and oxygen atoms in total. The van der Waals surface area contributed by atoms with Gasteiger partial charge < -0.3 is 5.73 Å². The quantitative estimate of drug-likeness (QED) is 0.569. The smallest absolute Gasteiger partial charge is 0.386 e. The lowest BCUT2D eigenvalue weighted by Gasteiger charge is -2.17. The fraction of sp³-hybridized carbons (Fsp3) is 0.417. The molecule has 116 valence electrons. The van der Waals surface area contributed by atoms with Gasteiger partial charge in [0.25, 0.3) is 0 Å². The highest BCUT2D eigenvalue weighted by Gasteiger charge is 2.37. The van der Waals surface area contributed by atoms with E-state index in [0.29, 0.717) is 6.07 Å². The third-order valence-electron chi connectivity index (χ3n) is 3.18. The molecule has 1 aliphatic rings. The second kappa shape index (κ2) is 5.30. The molecule has 0 amide bonds. The van der Waals surface area contributed by atoms with E-state index in [1.807, 2.05) is 0 Å². The number of benzene rings is 1. The summed E-state index contributed by atoms with van der Waals surface area (Å²) in [4.78, 5) is -0.496. The van der Waals surface area contributed by atoms with Crippen molar-refractivity contribution >= 4 is 15.9 Å². The highest BCUT2D eigenvalue weighted by Crippen LogP contribution is 2.34. The second-order valence-electron chi connectivity index (χ2n) is 4.92. The molecular weight excluding hydrogens is 307 g/mol. The first-order valence-electron chi connectivity index (χ1n) is 6.15. The molecular formula is C12H14F3N3O2S. The van der Waals surface area contributed by atoms with Gasteiger partial charge in [0.2, 0.25) is 10.0 Å². The van der Waals surface area contributed by atoms with Crippen LogP contribution in [0.25, 0.3) is 0 Å². The van der Waals surface area contributed by atoms with Gasteiger partial charge in [-0.3, -0.25) is 5.41 Å². The van der Waals surface area contributed by atoms with Crippen LogP contribution in [0.5, 0.6) is 0 Å². The molecule has 0 bridgehead atoms. The Balaban J connectivity index is 2.29. The van der Waals surface area contributed by atoms with Crippen molar-refractivity contribution in [2.45, 2.75) is 30.0 Å². The molecule has 1 atom stereocenters. The van der Waals surface area contributed by atoms with Gasteiger partial charge >= 0.3 is 6.18 Å². The molecule has 21 heavy (non-hydrogen) atoms. The number of sulfonamides is 1. The molecule has 2 rings (SSSR count). The van der Waals surface area contributed by atoms with E-state index in [0.717, 1.165) is 31.0 Å². The lowest BCUT2D eigenvalue weighted by atomic mass is 10.2. The Morgan fingerprint density at radius 1 is 1.38 bits per heavy atom. The van der Waals surface area contributed by atoms with Gasteiger partial charge in [-0.25, -0.2) is 13.1 Å². The van der Waals surface area contributed by atoms with Crippen LogP contribution in [0.3, 0.4) is 0 Å². The summed E-state index contributed by atoms with van der Waals surface area (Å²) in [6, 6.07) is 2.58. The van der Waals surface area contributed by atoms with Crippen molar-refractivity contribution in [3.8, 4) is 0 Å². The molecule has 9 heteroatoms. The summed E-state index contributed by atoms with van der Waals surface area (Å²) >= 11 is 0. The second-order valence-corrected chi connectivity index (χ2v) is 6.63. The minimum Gasteiger partial charge on any atom is -0.386 e. The Morgan fingerprint density at radius 3 is 2.48 bits per heavy atom. The van der Waals surface area contributed by atoms with E-state index in [1.165, 1.54) is 0 Å². The zero-order chi connectivity index (χ0) is 15.8. The van der Waals surface area contributed by atoms with E-state index in [-0.39, 0.29) is 11.8 Å². The van der Waals surface area contributed by atoms with Crippen LogP contribution in [0.1, 0.15) is 18.4 Å². The van der Waals surface area contributed by atoms with Crippen molar-refractivity contribution in [2.75, 3.05) is 0 Å². The zero-order valence-electron chi connectivity index (χ0n) is 10.8. The van der Waals surface area contributed by atoms with E-state index in [9.17, 15) is 21.6 Å². The minimum atomic E-state index is -4.62. The van der Waals surface area contributed by atoms with Crippen molar-refractivity contribution in [1.82, 2.24) is 4.72 Å². The molecule has 1 aromatic rings. The van der Waals surface area contributed by atoms with Gasteiger partial charge in [-0.15, -0.1) is 0 Å². The van der Waals surface area contributed by atoms with Crippen LogP contribution < -0.4 is 10.5 Å². The topological polar surface area (TPSA) is 96.0 Å². The summed E-state index contributed by atoms with van der Waals surface area (Å²) in [5.41, 5.74) is 4.29. The van der Waals surface area contributed by atoms with Gasteiger partial charge in [-0.1, -0.05) is 6.07 Å². The SMILES string of the molecule is N=C(N)C(NS(=O)(=O)c1cccc(C(F)(F)F)c1)C1CC1. The van der Waals surface area contributed by atoms with Crippen LogP contribution >= 0.6 is 0 Å². The van der Waals surface area contributed by atoms with Gasteiger partial charge in [-0.05, 0) is 37.0 Å². The van der Waals surface area contributed by atoms with Crippen LogP contribution in [0.15, 0.2) is 29.2 Å². The van der Waals surface area contributed by atoms with Crippen molar-refractivity contribution in [3.63, 3.8) is 0 Å². The lowest BCUT2D eigenvalue weighted by Crippen LogP contribution is -2.45. The van der Waals surface area contributed by atoms with E-state index < -0.39 is 32.7 Å². The number of rotatable bonds is 5. The van der Waals surface area contributed by atoms with Gasteiger partial charge in [0, 0.05) is 0 Å². The zero-order valence-corrected chi connectivity index (χ0v) is 11.6. The summed E-state index contributed by atoms with van der Waals surface area (Å²) in [7, 11) is -4.16. The van der Waals surface area contributed by atoms with Crippen LogP contribution in [-0.2, 0) is 16.2 Å². The van der Waals surface area contributed by atoms with Crippen molar-refractivity contribution in [1.29, 1.82) is 5.41 Å². The summed E-state index contributed by atoms with van der Waals surface area (Å²) in [6.07, 6.45) is -3.16. The van der Waals surface area contributed by atoms with Crippen molar-refractivity contribution in [3.05, 3.63) is 29.8 Å². The number of nitrogens with one attached hydrogen (secondary N) is 2. The molecule has 1 aromatic carbocycles. The highest BCUT2D eigenvalue weighted by molar-refractivity contribution is 7.89. The number of halogens is 3. The number of hydrogen-bond acceptors (Lipinski definition) is 3. The fourth-order valence-electron chi connectivity index (χ4n) is 1.92. The highest BCUT2D eigenvalue weighted by atomic mass is 32.2. The monoisotopic (exact) mass is 321 g/mol. The minimum absolute atomic E-state index is 0.0666. The van der Waals surface area contributed by atoms with Gasteiger partial charge in [0.15, 0.2) is 0 Å². The van der Waals surface area contributed by atoms with Gasteiger partial charge in [-0.2, -0.15) is 13.2 Å². The van der Waals surface area contributed by atoms with Crippen molar-refractivity contribution < 1.29 is 21.6 Å². The van der Waals surface area contributed by atoms with Crippen LogP contribution in [0, 0.1) is 11.3 Å². The number of nitrogens with two attached hydrogens (primary N) is 1. The Morgan fingerprint density at radius 2 is 2.00 bits per heavy atom. The molecule has 0 heterocycles. The summed E-state index contributed by atoms with van der Waals surface area (Å²) in [6.45, 7) is 0. The molecule has 0 radical (unpaired) electrons. The lowest BCUT2D eigenvalue weighted by molar-refractivity contribution is -0.137. The molecule has 1 saturated carbocycles. The summed E-state index contributed by atoms with van der Waals surface area (Å²) in [5.74, 6) is -0.406. The summed E-state index contributed by atoms with van der Waals surface area (Å²) in [5, 5.41) is 7.38. The first-order valence-corrected chi connectivity index (χ1v) is 7.63. The Hall–Kier alpha value is -1.61. The molecule has 1 fully saturated rings. The molecule has 1 unspecified atom stereocenters. The molecule has 0 spiro atoms. The fourth-order valence-corrected chi connectivity index (χ4v) is 3.25. The third-order valence-corrected chi connectivity index (χ3v) is 4.62. The van der Waals surface area contributed by atoms with E-state index in [1.54, 1.807) is 0 Å². The number of amidine groups is 1. The standard InChI is InChI=1S/C12H14F3N3O2S/c13-12(14,15)8-2-1-3-9(6-8)21(19,20)18-10(11(16)17)7-4-5-7/h1-3,6-7,10,18H,4-5H2,(H3,16,17). The number of alkyl halides is 3. The van der Waals surface area contributed by atoms with Crippen LogP contribution in [0.4, 0.5) is 13.2 Å². The van der Waals surface area contributed by atoms with E-state index >= 15 is 0 Å². The first-order chi connectivity index (χ1) is 9.61. The average molecular weight is 321 g/mol. The van der Waals surface area contributed by atoms with Gasteiger partial charge in [0.1, 0.15) is 5.84 Å². The van der Waals surface area contributed by atoms with E-state index in [2.05, 4.69) is 4.72 Å². The maximum atomic E-state index is 12.6. The van der Waals surface area contributed by atoms with E-state index in [4.69, 9.17) is 11.1 Å². The molecule has 0 saturated heterocycles. The molecule has 4 N–H and O–H groups in total. The average Bonchev–Trinajstić information content (AvgIpc) is 3.19. The molecule has 1 aliphatic carbocycles. The third kappa shape index (κ3) is 3.73. The maximum Gasteiger partial charge on any atom is 0.416 e. The predicted molar refractivity (Wildman–Crippen MR) is 70.2 cm³/mol. The largest absolute Gasteiger partial charge is 0.416 e. The normalized spacial score (nSPS) is 17.5. The Bertz CT molecular complexity index is 654. The first kappa shape index (κ1) is 15.8. The van der Waals surface area contributed by atoms with Crippen LogP contribution in [-0.4, -0.2) is 20.3 Å². The molecule has 0 aliphatic heterocycles. The van der Waals surface area contributed by atoms with Crippen molar-refractivity contribution in [2.24, 2.45) is 11.7 Å². The predicted octanol–water partition coefficient (Wildman–Crippen LogP) is 1.70. The van der Waals surface area contributed by atoms with Crippen LogP contribution in [0.2, 0.25) is 0 Å². The number of hydrogen-bond donors (Lipinski definition) is 3. The Labute approximate surface area is 119 Å². The van der Waals surface area contributed by atoms with Gasteiger partial charge in [0.05, 0.1) is 16.5 Å². The Kier molecular flexibility index (Phi) is 3.98.